The molecule has 0 unspecified atom stereocenters. The number of carboxylic acid groups (broad SMARTS) is 5. The minimum absolute atomic E-state index is 0.0741. The van der Waals surface area contributed by atoms with Gasteiger partial charge in [-0.3, -0.25) is 0 Å². The topological polar surface area (TPSA) is 247 Å². The molecule has 0 aliphatic carbocycles. The summed E-state index contributed by atoms with van der Waals surface area (Å²) in [6.07, 6.45) is 0. The van der Waals surface area contributed by atoms with Gasteiger partial charge < -0.3 is 40.9 Å². The van der Waals surface area contributed by atoms with Crippen LogP contribution in [-0.4, -0.2) is 70.7 Å². The third-order valence-electron chi connectivity index (χ3n) is 5.68. The summed E-state index contributed by atoms with van der Waals surface area (Å²) < 4.78 is 0. The van der Waals surface area contributed by atoms with Crippen LogP contribution in [-0.2, 0) is 0 Å². The Bertz CT molecular complexity index is 1720. The van der Waals surface area contributed by atoms with E-state index in [0.29, 0.717) is 10.8 Å². The minimum atomic E-state index is -1.06. The molecule has 0 saturated heterocycles. The van der Waals surface area contributed by atoms with Crippen LogP contribution in [0.2, 0.25) is 0 Å². The van der Waals surface area contributed by atoms with Gasteiger partial charge in [-0.1, -0.05) is 12.1 Å². The fourth-order valence-electron chi connectivity index (χ4n) is 3.32. The molecule has 5 aromatic rings. The van der Waals surface area contributed by atoms with Gasteiger partial charge >= 0.3 is 29.8 Å². The third-order valence-corrected chi connectivity index (χ3v) is 5.68. The maximum Gasteiger partial charge on any atom is 0.335 e. The zero-order valence-corrected chi connectivity index (χ0v) is 23.5. The number of aromatic carboxylic acids is 5. The Morgan fingerprint density at radius 2 is 0.500 bits per heavy atom. The van der Waals surface area contributed by atoms with Crippen molar-refractivity contribution in [2.24, 2.45) is 0 Å². The molecule has 0 aromatic heterocycles. The zero-order chi connectivity index (χ0) is 34.4. The van der Waals surface area contributed by atoms with Crippen LogP contribution in [0.5, 0.6) is 17.2 Å². The van der Waals surface area contributed by atoms with Crippen molar-refractivity contribution in [3.05, 3.63) is 137 Å². The number of hydrogen-bond donors (Lipinski definition) is 8. The number of rotatable bonds is 5. The standard InChI is InChI=1S/C12H8O4.C8H6O4.C7H6O3.C6H6O2/c13-11(14)9-3-1-7-5-10(12(15)16)4-2-8(7)6-9;9-7(10)5-1-2-6(4-3-5)8(11)12;8-6-3-1-5(2-4-6)7(9)10;7-5-1-2-6(8)4-3-5/h1-6H,(H,13,14)(H,15,16);1-4H,(H,9,10)(H,11,12);1-4,8H,(H,9,10);1-4,7-8H. The first-order valence-corrected chi connectivity index (χ1v) is 12.7. The first-order chi connectivity index (χ1) is 21.7. The van der Waals surface area contributed by atoms with E-state index in [0.717, 1.165) is 0 Å². The van der Waals surface area contributed by atoms with E-state index in [1.807, 2.05) is 0 Å². The van der Waals surface area contributed by atoms with Crippen molar-refractivity contribution >= 4 is 40.6 Å². The van der Waals surface area contributed by atoms with Crippen LogP contribution in [0.15, 0.2) is 109 Å². The van der Waals surface area contributed by atoms with Gasteiger partial charge in [0.15, 0.2) is 0 Å². The monoisotopic (exact) mass is 630 g/mol. The highest BCUT2D eigenvalue weighted by molar-refractivity contribution is 5.98. The molecule has 0 heterocycles. The number of carboxylic acids is 5. The molecule has 13 nitrogen and oxygen atoms in total. The lowest BCUT2D eigenvalue weighted by Crippen LogP contribution is -1.99. The van der Waals surface area contributed by atoms with Gasteiger partial charge in [0.2, 0.25) is 0 Å². The molecule has 0 spiro atoms. The summed E-state index contributed by atoms with van der Waals surface area (Å²) in [5.74, 6) is -4.69. The van der Waals surface area contributed by atoms with Crippen LogP contribution in [0.3, 0.4) is 0 Å². The number of benzene rings is 5. The van der Waals surface area contributed by atoms with Crippen molar-refractivity contribution in [1.82, 2.24) is 0 Å². The molecular formula is C33H26O13. The Hall–Kier alpha value is -6.89. The highest BCUT2D eigenvalue weighted by atomic mass is 16.4. The number of aromatic hydroxyl groups is 3. The van der Waals surface area contributed by atoms with Crippen LogP contribution >= 0.6 is 0 Å². The van der Waals surface area contributed by atoms with Crippen LogP contribution in [0, 0.1) is 0 Å². The lowest BCUT2D eigenvalue weighted by Gasteiger charge is -2.01. The Balaban J connectivity index is 0.000000221. The normalized spacial score (nSPS) is 9.57. The Morgan fingerprint density at radius 1 is 0.304 bits per heavy atom. The summed E-state index contributed by atoms with van der Waals surface area (Å²) in [6.45, 7) is 0. The van der Waals surface area contributed by atoms with Crippen molar-refractivity contribution in [1.29, 1.82) is 0 Å². The van der Waals surface area contributed by atoms with Crippen LogP contribution in [0.25, 0.3) is 10.8 Å². The van der Waals surface area contributed by atoms with Crippen molar-refractivity contribution in [2.45, 2.75) is 0 Å². The smallest absolute Gasteiger partial charge is 0.335 e. The zero-order valence-electron chi connectivity index (χ0n) is 23.5. The van der Waals surface area contributed by atoms with Gasteiger partial charge in [-0.2, -0.15) is 0 Å². The summed E-state index contributed by atoms with van der Waals surface area (Å²) >= 11 is 0. The molecule has 5 aromatic carbocycles. The molecule has 46 heavy (non-hydrogen) atoms. The molecule has 13 heteroatoms. The number of carbonyl (C=O) groups is 5. The molecule has 8 N–H and O–H groups in total. The third kappa shape index (κ3) is 11.4. The molecule has 5 rings (SSSR count). The first kappa shape index (κ1) is 35.3. The molecule has 0 bridgehead atoms. The summed E-state index contributed by atoms with van der Waals surface area (Å²) in [4.78, 5) is 52.4. The number of fused-ring (bicyclic) bond motifs is 1. The molecule has 0 fully saturated rings. The van der Waals surface area contributed by atoms with Gasteiger partial charge in [0, 0.05) is 0 Å². The van der Waals surface area contributed by atoms with E-state index in [-0.39, 0.29) is 45.1 Å². The van der Waals surface area contributed by atoms with E-state index in [1.165, 1.54) is 97.1 Å². The molecule has 236 valence electrons. The van der Waals surface area contributed by atoms with E-state index in [9.17, 15) is 24.0 Å². The van der Waals surface area contributed by atoms with E-state index in [2.05, 4.69) is 0 Å². The lowest BCUT2D eigenvalue weighted by atomic mass is 10.0. The summed E-state index contributed by atoms with van der Waals surface area (Å²) in [7, 11) is 0. The Morgan fingerprint density at radius 3 is 0.739 bits per heavy atom. The second-order valence-electron chi connectivity index (χ2n) is 8.94. The van der Waals surface area contributed by atoms with E-state index in [1.54, 1.807) is 12.1 Å². The van der Waals surface area contributed by atoms with Gasteiger partial charge in [-0.05, 0) is 108 Å². The highest BCUT2D eigenvalue weighted by Crippen LogP contribution is 2.18. The van der Waals surface area contributed by atoms with E-state index < -0.39 is 29.8 Å². The van der Waals surface area contributed by atoms with Gasteiger partial charge in [-0.15, -0.1) is 0 Å². The van der Waals surface area contributed by atoms with Crippen LogP contribution in [0.1, 0.15) is 51.8 Å². The van der Waals surface area contributed by atoms with Crippen molar-refractivity contribution in [3.8, 4) is 17.2 Å². The van der Waals surface area contributed by atoms with Gasteiger partial charge in [0.05, 0.1) is 27.8 Å². The van der Waals surface area contributed by atoms with Gasteiger partial charge in [-0.25, -0.2) is 24.0 Å². The maximum atomic E-state index is 10.7. The molecule has 0 aliphatic rings. The summed E-state index contributed by atoms with van der Waals surface area (Å²) in [5.41, 5.74) is 0.726. The van der Waals surface area contributed by atoms with Crippen LogP contribution in [0.4, 0.5) is 0 Å². The largest absolute Gasteiger partial charge is 0.508 e. The Kier molecular flexibility index (Phi) is 12.8. The Labute approximate surface area is 259 Å². The lowest BCUT2D eigenvalue weighted by molar-refractivity contribution is 0.0681. The summed E-state index contributed by atoms with van der Waals surface area (Å²) in [6, 6.07) is 25.2. The molecule has 0 radical (unpaired) electrons. The second-order valence-corrected chi connectivity index (χ2v) is 8.94. The number of hydrogen-bond acceptors (Lipinski definition) is 8. The summed E-state index contributed by atoms with van der Waals surface area (Å²) in [5, 5.41) is 70.4. The maximum absolute atomic E-state index is 10.7. The molecule has 0 atom stereocenters. The number of phenols is 3. The molecular weight excluding hydrogens is 604 g/mol. The fourth-order valence-corrected chi connectivity index (χ4v) is 3.32. The second kappa shape index (κ2) is 16.7. The van der Waals surface area contributed by atoms with E-state index >= 15 is 0 Å². The fraction of sp³-hybridized carbons (Fsp3) is 0. The van der Waals surface area contributed by atoms with Crippen molar-refractivity contribution < 1.29 is 64.8 Å². The minimum Gasteiger partial charge on any atom is -0.508 e. The van der Waals surface area contributed by atoms with Gasteiger partial charge in [0.1, 0.15) is 17.2 Å². The first-order valence-electron chi connectivity index (χ1n) is 12.7. The number of phenolic OH excluding ortho intramolecular Hbond substituents is 3. The van der Waals surface area contributed by atoms with Gasteiger partial charge in [0.25, 0.3) is 0 Å². The van der Waals surface area contributed by atoms with Crippen LogP contribution < -0.4 is 0 Å². The molecule has 0 saturated carbocycles. The van der Waals surface area contributed by atoms with Crippen molar-refractivity contribution in [3.63, 3.8) is 0 Å². The average Bonchev–Trinajstić information content (AvgIpc) is 3.03. The average molecular weight is 631 g/mol. The van der Waals surface area contributed by atoms with E-state index in [4.69, 9.17) is 40.9 Å². The molecule has 0 aliphatic heterocycles. The highest BCUT2D eigenvalue weighted by Gasteiger charge is 2.07. The predicted octanol–water partition coefficient (Wildman–Crippen LogP) is 5.51. The SMILES string of the molecule is O=C(O)c1ccc(C(=O)O)cc1.O=C(O)c1ccc(O)cc1.O=C(O)c1ccc2cc(C(=O)O)ccc2c1.Oc1ccc(O)cc1. The molecule has 0 amide bonds. The predicted molar refractivity (Wildman–Crippen MR) is 163 cm³/mol. The van der Waals surface area contributed by atoms with Crippen molar-refractivity contribution in [2.75, 3.05) is 0 Å². The quantitative estimate of drug-likeness (QED) is 0.112.